The number of hydrogen-bond donors (Lipinski definition) is 1. The first-order valence-electron chi connectivity index (χ1n) is 11.1. The van der Waals surface area contributed by atoms with Gasteiger partial charge < -0.3 is 19.7 Å². The number of nitrogens with one attached hydrogen (secondary N) is 1. The number of methoxy groups -OCH3 is 1. The monoisotopic (exact) mass is 475 g/mol. The van der Waals surface area contributed by atoms with Gasteiger partial charge in [0.25, 0.3) is 0 Å². The lowest BCUT2D eigenvalue weighted by Gasteiger charge is -2.28. The van der Waals surface area contributed by atoms with E-state index in [0.29, 0.717) is 49.3 Å². The Morgan fingerprint density at radius 1 is 1.03 bits per heavy atom. The summed E-state index contributed by atoms with van der Waals surface area (Å²) in [5.74, 6) is 1.51. The summed E-state index contributed by atoms with van der Waals surface area (Å²) in [6.45, 7) is 2.26. The second-order valence-corrected chi connectivity index (χ2v) is 7.21. The lowest BCUT2D eigenvalue weighted by molar-refractivity contribution is -0.0498. The Morgan fingerprint density at radius 3 is 2.38 bits per heavy atom. The van der Waals surface area contributed by atoms with E-state index in [-0.39, 0.29) is 5.75 Å². The molecule has 0 saturated carbocycles. The average molecular weight is 476 g/mol. The number of rotatable bonds is 7. The highest BCUT2D eigenvalue weighted by Gasteiger charge is 2.20. The average Bonchev–Trinajstić information content (AvgIpc) is 2.86. The van der Waals surface area contributed by atoms with E-state index in [0.717, 1.165) is 11.1 Å². The van der Waals surface area contributed by atoms with E-state index < -0.39 is 12.8 Å². The second-order valence-electron chi connectivity index (χ2n) is 7.21. The largest absolute Gasteiger partial charge is 0.480 e. The van der Waals surface area contributed by atoms with Gasteiger partial charge in [-0.25, -0.2) is 14.4 Å². The molecule has 0 spiro atoms. The quantitative estimate of drug-likeness (QED) is 0.459. The van der Waals surface area contributed by atoms with Crippen LogP contribution in [-0.2, 0) is 0 Å². The Balaban J connectivity index is 0.00000158. The summed E-state index contributed by atoms with van der Waals surface area (Å²) >= 11 is 0. The minimum absolute atomic E-state index is 0.0777. The molecule has 0 atom stereocenters. The van der Waals surface area contributed by atoms with Crippen molar-refractivity contribution in [3.63, 3.8) is 0 Å². The number of benzene rings is 1. The van der Waals surface area contributed by atoms with Crippen LogP contribution in [0, 0.1) is 0 Å². The van der Waals surface area contributed by atoms with Crippen LogP contribution in [0.15, 0.2) is 48.8 Å². The van der Waals surface area contributed by atoms with Crippen LogP contribution in [0.1, 0.15) is 26.7 Å². The van der Waals surface area contributed by atoms with Crippen LogP contribution < -0.4 is 19.7 Å². The van der Waals surface area contributed by atoms with Crippen LogP contribution >= 0.6 is 0 Å². The molecule has 1 saturated heterocycles. The van der Waals surface area contributed by atoms with Gasteiger partial charge in [-0.2, -0.15) is 13.8 Å². The molecule has 0 unspecified atom stereocenters. The van der Waals surface area contributed by atoms with Crippen LogP contribution in [0.4, 0.5) is 30.6 Å². The van der Waals surface area contributed by atoms with Gasteiger partial charge in [0.1, 0.15) is 23.4 Å². The molecule has 2 aromatic heterocycles. The molecule has 182 valence electrons. The zero-order valence-electron chi connectivity index (χ0n) is 19.3. The summed E-state index contributed by atoms with van der Waals surface area (Å²) in [6, 6.07) is 9.82. The summed E-state index contributed by atoms with van der Waals surface area (Å²) in [6.07, 6.45) is 3.41. The maximum atomic E-state index is 13.4. The predicted octanol–water partition coefficient (Wildman–Crippen LogP) is 5.86. The molecule has 0 radical (unpaired) electrons. The lowest BCUT2D eigenvalue weighted by atomic mass is 10.1. The summed E-state index contributed by atoms with van der Waals surface area (Å²) in [5, 5.41) is 3.20. The van der Waals surface area contributed by atoms with Crippen LogP contribution in [0.2, 0.25) is 0 Å². The number of hydrogen-bond acceptors (Lipinski definition) is 7. The van der Waals surface area contributed by atoms with Crippen molar-refractivity contribution >= 4 is 17.5 Å². The molecule has 1 aliphatic rings. The molecule has 4 rings (SSSR count). The number of anilines is 3. The van der Waals surface area contributed by atoms with Crippen molar-refractivity contribution in [2.75, 3.05) is 30.4 Å². The zero-order valence-corrected chi connectivity index (χ0v) is 19.3. The van der Waals surface area contributed by atoms with Crippen LogP contribution in [-0.4, -0.2) is 47.9 Å². The van der Waals surface area contributed by atoms with Crippen molar-refractivity contribution in [3.8, 4) is 22.8 Å². The molecule has 0 aliphatic carbocycles. The van der Waals surface area contributed by atoms with Crippen molar-refractivity contribution in [3.05, 3.63) is 48.8 Å². The molecule has 0 bridgehead atoms. The van der Waals surface area contributed by atoms with Gasteiger partial charge >= 0.3 is 6.61 Å². The van der Waals surface area contributed by atoms with Gasteiger partial charge in [0.2, 0.25) is 11.8 Å². The fourth-order valence-electron chi connectivity index (χ4n) is 3.45. The van der Waals surface area contributed by atoms with E-state index in [2.05, 4.69) is 25.0 Å². The molecule has 1 fully saturated rings. The Labute approximate surface area is 197 Å². The predicted molar refractivity (Wildman–Crippen MR) is 126 cm³/mol. The number of nitrogens with zero attached hydrogens (tertiary/aromatic N) is 4. The Kier molecular flexibility index (Phi) is 8.89. The molecule has 34 heavy (non-hydrogen) atoms. The summed E-state index contributed by atoms with van der Waals surface area (Å²) in [5.41, 5.74) is 2.09. The van der Waals surface area contributed by atoms with Crippen molar-refractivity contribution < 1.29 is 22.6 Å². The van der Waals surface area contributed by atoms with Crippen LogP contribution in [0.3, 0.4) is 0 Å². The first-order chi connectivity index (χ1) is 16.5. The van der Waals surface area contributed by atoms with Gasteiger partial charge in [-0.3, -0.25) is 0 Å². The van der Waals surface area contributed by atoms with E-state index in [4.69, 9.17) is 4.74 Å². The lowest BCUT2D eigenvalue weighted by Crippen LogP contribution is -2.35. The van der Waals surface area contributed by atoms with Crippen molar-refractivity contribution in [2.45, 2.75) is 39.5 Å². The highest BCUT2D eigenvalue weighted by molar-refractivity contribution is 5.72. The number of alkyl halides is 3. The van der Waals surface area contributed by atoms with E-state index >= 15 is 0 Å². The van der Waals surface area contributed by atoms with Crippen molar-refractivity contribution in [1.29, 1.82) is 0 Å². The van der Waals surface area contributed by atoms with E-state index in [9.17, 15) is 13.2 Å². The first kappa shape index (κ1) is 25.1. The van der Waals surface area contributed by atoms with Crippen molar-refractivity contribution in [1.82, 2.24) is 15.0 Å². The number of piperidine rings is 1. The molecular formula is C24H28F3N5O2. The summed E-state index contributed by atoms with van der Waals surface area (Å²) in [4.78, 5) is 15.1. The molecule has 1 aromatic carbocycles. The molecular weight excluding hydrogens is 447 g/mol. The van der Waals surface area contributed by atoms with E-state index in [1.807, 2.05) is 24.8 Å². The van der Waals surface area contributed by atoms with E-state index in [1.54, 1.807) is 30.6 Å². The number of aromatic nitrogens is 3. The minimum Gasteiger partial charge on any atom is -0.480 e. The Bertz CT molecular complexity index is 1050. The molecule has 0 amide bonds. The summed E-state index contributed by atoms with van der Waals surface area (Å²) in [7, 11) is 1.51. The summed E-state index contributed by atoms with van der Waals surface area (Å²) < 4.78 is 47.9. The van der Waals surface area contributed by atoms with Gasteiger partial charge in [0, 0.05) is 31.0 Å². The van der Waals surface area contributed by atoms with Gasteiger partial charge in [-0.05, 0) is 42.7 Å². The minimum atomic E-state index is -2.87. The maximum Gasteiger partial charge on any atom is 0.387 e. The molecule has 10 heteroatoms. The van der Waals surface area contributed by atoms with Gasteiger partial charge in [0.15, 0.2) is 0 Å². The maximum absolute atomic E-state index is 13.4. The standard InChI is InChI=1S/C22H22F3N5O2.C2H6/c1-31-20-18(12-15(13-27-20)14-2-4-17(5-3-14)32-21(24)25)28-19-6-9-26-22(29-19)30-10-7-16(23)8-11-30;1-2/h2-6,9,12-13,16,21H,7-8,10-11H2,1H3,(H,26,28,29);1-2H3. The smallest absolute Gasteiger partial charge is 0.387 e. The molecule has 1 N–H and O–H groups in total. The Morgan fingerprint density at radius 2 is 1.74 bits per heavy atom. The third-order valence-corrected chi connectivity index (χ3v) is 5.07. The van der Waals surface area contributed by atoms with Gasteiger partial charge in [0.05, 0.1) is 7.11 Å². The fraction of sp³-hybridized carbons (Fsp3) is 0.375. The number of ether oxygens (including phenoxy) is 2. The third kappa shape index (κ3) is 6.49. The molecule has 1 aliphatic heterocycles. The van der Waals surface area contributed by atoms with Crippen LogP contribution in [0.5, 0.6) is 11.6 Å². The Hall–Kier alpha value is -3.56. The fourth-order valence-corrected chi connectivity index (χ4v) is 3.45. The normalized spacial score (nSPS) is 13.8. The zero-order chi connectivity index (χ0) is 24.5. The highest BCUT2D eigenvalue weighted by atomic mass is 19.3. The SMILES string of the molecule is CC.COc1ncc(-c2ccc(OC(F)F)cc2)cc1Nc1ccnc(N2CCC(F)CC2)n1. The highest BCUT2D eigenvalue weighted by Crippen LogP contribution is 2.31. The topological polar surface area (TPSA) is 72.4 Å². The molecule has 3 heterocycles. The van der Waals surface area contributed by atoms with E-state index in [1.165, 1.54) is 19.2 Å². The number of pyridine rings is 1. The van der Waals surface area contributed by atoms with Gasteiger partial charge in [-0.1, -0.05) is 26.0 Å². The molecule has 3 aromatic rings. The second kappa shape index (κ2) is 12.1. The van der Waals surface area contributed by atoms with Crippen molar-refractivity contribution in [2.24, 2.45) is 0 Å². The first-order valence-corrected chi connectivity index (χ1v) is 11.1. The third-order valence-electron chi connectivity index (χ3n) is 5.07. The van der Waals surface area contributed by atoms with Gasteiger partial charge in [-0.15, -0.1) is 0 Å². The number of halogens is 3. The van der Waals surface area contributed by atoms with Crippen LogP contribution in [0.25, 0.3) is 11.1 Å². The molecule has 7 nitrogen and oxygen atoms in total.